The summed E-state index contributed by atoms with van der Waals surface area (Å²) in [4.78, 5) is 0. The second kappa shape index (κ2) is 5.63. The van der Waals surface area contributed by atoms with E-state index in [1.807, 2.05) is 12.1 Å². The molecular weight excluding hydrogens is 377 g/mol. The Balaban J connectivity index is 2.19. The van der Waals surface area contributed by atoms with Gasteiger partial charge in [-0.2, -0.15) is 4.68 Å². The van der Waals surface area contributed by atoms with E-state index in [1.54, 1.807) is 24.3 Å². The number of benzene rings is 2. The zero-order valence-electron chi connectivity index (χ0n) is 10.5. The molecule has 0 amide bonds. The Kier molecular flexibility index (Phi) is 3.84. The molecule has 0 radical (unpaired) electrons. The summed E-state index contributed by atoms with van der Waals surface area (Å²) in [7, 11) is 0. The van der Waals surface area contributed by atoms with Crippen molar-refractivity contribution in [2.24, 2.45) is 0 Å². The minimum Gasteiger partial charge on any atom is -0.399 e. The van der Waals surface area contributed by atoms with Gasteiger partial charge in [-0.05, 0) is 46.8 Å². The van der Waals surface area contributed by atoms with Crippen molar-refractivity contribution in [3.63, 3.8) is 0 Å². The minimum absolute atomic E-state index is 0.469. The number of anilines is 1. The maximum atomic E-state index is 6.25. The monoisotopic (exact) mass is 383 g/mol. The van der Waals surface area contributed by atoms with Crippen molar-refractivity contribution in [2.45, 2.75) is 0 Å². The van der Waals surface area contributed by atoms with Crippen molar-refractivity contribution < 1.29 is 0 Å². The van der Waals surface area contributed by atoms with Crippen molar-refractivity contribution >= 4 is 44.8 Å². The second-order valence-corrected chi connectivity index (χ2v) is 5.98. The highest BCUT2D eigenvalue weighted by Crippen LogP contribution is 2.31. The Bertz CT molecular complexity index is 818. The van der Waals surface area contributed by atoms with Crippen LogP contribution in [0.5, 0.6) is 0 Å². The van der Waals surface area contributed by atoms with Gasteiger partial charge in [0.1, 0.15) is 0 Å². The predicted molar refractivity (Wildman–Crippen MR) is 86.7 cm³/mol. The summed E-state index contributed by atoms with van der Waals surface area (Å²) in [5.74, 6) is 0.469. The number of rotatable bonds is 2. The fourth-order valence-corrected chi connectivity index (χ4v) is 2.84. The molecule has 0 spiro atoms. The summed E-state index contributed by atoms with van der Waals surface area (Å²) in [6.45, 7) is 0. The van der Waals surface area contributed by atoms with Crippen LogP contribution < -0.4 is 5.73 Å². The number of nitrogens with zero attached hydrogens (tertiary/aromatic N) is 4. The molecule has 0 saturated carbocycles. The maximum Gasteiger partial charge on any atom is 0.188 e. The number of tetrazole rings is 1. The summed E-state index contributed by atoms with van der Waals surface area (Å²) < 4.78 is 2.39. The van der Waals surface area contributed by atoms with E-state index < -0.39 is 0 Å². The first kappa shape index (κ1) is 14.3. The van der Waals surface area contributed by atoms with Crippen LogP contribution in [0.2, 0.25) is 10.0 Å². The van der Waals surface area contributed by atoms with Crippen LogP contribution in [0, 0.1) is 0 Å². The van der Waals surface area contributed by atoms with Gasteiger partial charge in [-0.1, -0.05) is 39.1 Å². The van der Waals surface area contributed by atoms with E-state index in [2.05, 4.69) is 31.5 Å². The molecule has 0 aliphatic heterocycles. The van der Waals surface area contributed by atoms with Gasteiger partial charge in [0.05, 0.1) is 15.7 Å². The zero-order chi connectivity index (χ0) is 15.0. The Labute approximate surface area is 138 Å². The van der Waals surface area contributed by atoms with Gasteiger partial charge in [0.15, 0.2) is 5.82 Å². The number of aromatic nitrogens is 4. The van der Waals surface area contributed by atoms with Gasteiger partial charge >= 0.3 is 0 Å². The molecule has 3 aromatic rings. The first-order valence-corrected chi connectivity index (χ1v) is 7.40. The molecule has 2 N–H and O–H groups in total. The summed E-state index contributed by atoms with van der Waals surface area (Å²) in [6, 6.07) is 10.6. The SMILES string of the molecule is Nc1ccc(Cl)c(-c2nnnn2-c2ccc(Br)cc2Cl)c1. The normalized spacial score (nSPS) is 10.8. The smallest absolute Gasteiger partial charge is 0.188 e. The van der Waals surface area contributed by atoms with E-state index in [0.717, 1.165) is 4.47 Å². The van der Waals surface area contributed by atoms with Crippen LogP contribution in [0.4, 0.5) is 5.69 Å². The number of nitrogen functional groups attached to an aromatic ring is 1. The van der Waals surface area contributed by atoms with Crippen LogP contribution in [-0.2, 0) is 0 Å². The minimum atomic E-state index is 0.469. The number of hydrogen-bond donors (Lipinski definition) is 1. The van der Waals surface area contributed by atoms with Gasteiger partial charge in [0, 0.05) is 15.7 Å². The maximum absolute atomic E-state index is 6.25. The molecule has 0 unspecified atom stereocenters. The number of nitrogens with two attached hydrogens (primary N) is 1. The average molecular weight is 385 g/mol. The van der Waals surface area contributed by atoms with Gasteiger partial charge in [0.25, 0.3) is 0 Å². The van der Waals surface area contributed by atoms with Crippen molar-refractivity contribution in [1.82, 2.24) is 20.2 Å². The molecule has 0 saturated heterocycles. The molecule has 0 aliphatic rings. The lowest BCUT2D eigenvalue weighted by Gasteiger charge is -2.08. The zero-order valence-corrected chi connectivity index (χ0v) is 13.6. The van der Waals surface area contributed by atoms with E-state index in [0.29, 0.717) is 32.8 Å². The first-order valence-electron chi connectivity index (χ1n) is 5.85. The summed E-state index contributed by atoms with van der Waals surface area (Å²) in [5, 5.41) is 12.7. The van der Waals surface area contributed by atoms with Crippen molar-refractivity contribution in [1.29, 1.82) is 0 Å². The van der Waals surface area contributed by atoms with Crippen LogP contribution in [0.25, 0.3) is 17.1 Å². The molecule has 0 bridgehead atoms. The molecule has 0 fully saturated rings. The number of halogens is 3. The molecule has 21 heavy (non-hydrogen) atoms. The van der Waals surface area contributed by atoms with Crippen LogP contribution in [0.15, 0.2) is 40.9 Å². The highest BCUT2D eigenvalue weighted by molar-refractivity contribution is 9.10. The Morgan fingerprint density at radius 2 is 1.86 bits per heavy atom. The quantitative estimate of drug-likeness (QED) is 0.678. The molecule has 0 atom stereocenters. The summed E-state index contributed by atoms with van der Waals surface area (Å²) in [6.07, 6.45) is 0. The molecular formula is C13H8BrCl2N5. The largest absolute Gasteiger partial charge is 0.399 e. The third kappa shape index (κ3) is 2.74. The number of hydrogen-bond acceptors (Lipinski definition) is 4. The molecule has 8 heteroatoms. The highest BCUT2D eigenvalue weighted by Gasteiger charge is 2.16. The molecule has 0 aliphatic carbocycles. The van der Waals surface area contributed by atoms with E-state index in [4.69, 9.17) is 28.9 Å². The topological polar surface area (TPSA) is 69.6 Å². The van der Waals surface area contributed by atoms with E-state index in [1.165, 1.54) is 4.68 Å². The van der Waals surface area contributed by atoms with Crippen LogP contribution in [-0.4, -0.2) is 20.2 Å². The lowest BCUT2D eigenvalue weighted by molar-refractivity contribution is 0.791. The van der Waals surface area contributed by atoms with Gasteiger partial charge in [-0.25, -0.2) is 0 Å². The summed E-state index contributed by atoms with van der Waals surface area (Å²) in [5.41, 5.74) is 7.67. The standard InChI is InChI=1S/C13H8BrCl2N5/c14-7-1-4-12(11(16)5-7)21-13(18-19-20-21)9-6-8(17)2-3-10(9)15/h1-6H,17H2. The van der Waals surface area contributed by atoms with Crippen molar-refractivity contribution in [3.8, 4) is 17.1 Å². The second-order valence-electron chi connectivity index (χ2n) is 4.25. The fourth-order valence-electron chi connectivity index (χ4n) is 1.88. The third-order valence-electron chi connectivity index (χ3n) is 2.84. The molecule has 1 heterocycles. The van der Waals surface area contributed by atoms with Crippen LogP contribution in [0.1, 0.15) is 0 Å². The fraction of sp³-hybridized carbons (Fsp3) is 0. The van der Waals surface area contributed by atoms with Gasteiger partial charge in [-0.15, -0.1) is 5.10 Å². The van der Waals surface area contributed by atoms with Crippen molar-refractivity contribution in [2.75, 3.05) is 5.73 Å². The van der Waals surface area contributed by atoms with E-state index >= 15 is 0 Å². The van der Waals surface area contributed by atoms with Gasteiger partial charge in [-0.3, -0.25) is 0 Å². The predicted octanol–water partition coefficient (Wildman–Crippen LogP) is 3.98. The van der Waals surface area contributed by atoms with E-state index in [9.17, 15) is 0 Å². The van der Waals surface area contributed by atoms with Gasteiger partial charge < -0.3 is 5.73 Å². The third-order valence-corrected chi connectivity index (χ3v) is 3.96. The van der Waals surface area contributed by atoms with Crippen LogP contribution >= 0.6 is 39.1 Å². The Morgan fingerprint density at radius 3 is 2.62 bits per heavy atom. The first-order chi connectivity index (χ1) is 10.1. The highest BCUT2D eigenvalue weighted by atomic mass is 79.9. The Hall–Kier alpha value is -1.63. The van der Waals surface area contributed by atoms with E-state index in [-0.39, 0.29) is 0 Å². The molecule has 1 aromatic heterocycles. The van der Waals surface area contributed by atoms with Crippen molar-refractivity contribution in [3.05, 3.63) is 50.9 Å². The molecule has 5 nitrogen and oxygen atoms in total. The van der Waals surface area contributed by atoms with Crippen LogP contribution in [0.3, 0.4) is 0 Å². The average Bonchev–Trinajstić information content (AvgIpc) is 2.90. The Morgan fingerprint density at radius 1 is 1.05 bits per heavy atom. The lowest BCUT2D eigenvalue weighted by Crippen LogP contribution is -2.01. The molecule has 2 aromatic carbocycles. The van der Waals surface area contributed by atoms with Gasteiger partial charge in [0.2, 0.25) is 0 Å². The lowest BCUT2D eigenvalue weighted by atomic mass is 10.2. The molecule has 106 valence electrons. The summed E-state index contributed by atoms with van der Waals surface area (Å²) >= 11 is 15.8. The molecule has 3 rings (SSSR count).